The van der Waals surface area contributed by atoms with E-state index in [1.54, 1.807) is 30.3 Å². The first-order chi connectivity index (χ1) is 15.3. The van der Waals surface area contributed by atoms with Crippen LogP contribution in [0.1, 0.15) is 29.0 Å². The molecule has 1 unspecified atom stereocenters. The van der Waals surface area contributed by atoms with Crippen molar-refractivity contribution in [3.05, 3.63) is 80.3 Å². The maximum absolute atomic E-state index is 13.1. The van der Waals surface area contributed by atoms with E-state index in [0.29, 0.717) is 16.5 Å². The van der Waals surface area contributed by atoms with Crippen LogP contribution in [0.4, 0.5) is 15.9 Å². The van der Waals surface area contributed by atoms with Crippen molar-refractivity contribution in [1.29, 1.82) is 0 Å². The minimum Gasteiger partial charge on any atom is -0.325 e. The molecule has 7 nitrogen and oxygen atoms in total. The second kappa shape index (κ2) is 9.13. The minimum atomic E-state index is -0.996. The zero-order chi connectivity index (χ0) is 22.8. The molecule has 1 aliphatic heterocycles. The number of carbonyl (C=O) groups is 2. The van der Waals surface area contributed by atoms with Crippen molar-refractivity contribution in [2.45, 2.75) is 30.2 Å². The number of hydrogen-bond acceptors (Lipinski definition) is 5. The van der Waals surface area contributed by atoms with E-state index in [9.17, 15) is 18.8 Å². The molecule has 0 aliphatic carbocycles. The molecule has 2 heterocycles. The number of aromatic amines is 1. The number of nitrogens with one attached hydrogen (secondary N) is 3. The van der Waals surface area contributed by atoms with Crippen LogP contribution in [-0.2, 0) is 15.3 Å². The van der Waals surface area contributed by atoms with Gasteiger partial charge in [0.1, 0.15) is 11.6 Å². The maximum atomic E-state index is 13.1. The van der Waals surface area contributed by atoms with Gasteiger partial charge in [-0.1, -0.05) is 41.6 Å². The van der Waals surface area contributed by atoms with Gasteiger partial charge in [0.05, 0.1) is 11.5 Å². The normalized spacial score (nSPS) is 15.1. The first-order valence-corrected chi connectivity index (χ1v) is 11.0. The molecule has 4 rings (SSSR count). The molecular weight excluding hydrogens is 455 g/mol. The second-order valence-corrected chi connectivity index (χ2v) is 8.70. The van der Waals surface area contributed by atoms with Crippen molar-refractivity contribution in [1.82, 2.24) is 9.97 Å². The summed E-state index contributed by atoms with van der Waals surface area (Å²) in [6.45, 7) is 1.81. The van der Waals surface area contributed by atoms with Gasteiger partial charge in [-0.2, -0.15) is 0 Å². The van der Waals surface area contributed by atoms with Gasteiger partial charge in [0, 0.05) is 22.9 Å². The zero-order valence-electron chi connectivity index (χ0n) is 16.9. The summed E-state index contributed by atoms with van der Waals surface area (Å²) in [7, 11) is 0. The highest BCUT2D eigenvalue weighted by atomic mass is 35.5. The average Bonchev–Trinajstić information content (AvgIpc) is 2.75. The van der Waals surface area contributed by atoms with Gasteiger partial charge in [0.15, 0.2) is 5.16 Å². The van der Waals surface area contributed by atoms with Gasteiger partial charge in [-0.25, -0.2) is 9.37 Å². The Balaban J connectivity index is 1.58. The van der Waals surface area contributed by atoms with Crippen LogP contribution in [0.25, 0.3) is 0 Å². The minimum absolute atomic E-state index is 0.0644. The fourth-order valence-electron chi connectivity index (χ4n) is 3.32. The number of benzene rings is 2. The third kappa shape index (κ3) is 4.84. The SMILES string of the molecule is Cc1ccc(Cl)cc1NC(=O)C1CC(=O)Nc2nc(SCc3ccc(F)cc3)[nH]c(=O)c21. The molecule has 164 valence electrons. The Kier molecular flexibility index (Phi) is 6.29. The molecule has 0 spiro atoms. The summed E-state index contributed by atoms with van der Waals surface area (Å²) < 4.78 is 13.1. The predicted molar refractivity (Wildman–Crippen MR) is 122 cm³/mol. The van der Waals surface area contributed by atoms with Crippen molar-refractivity contribution < 1.29 is 14.0 Å². The topological polar surface area (TPSA) is 104 Å². The number of rotatable bonds is 5. The quantitative estimate of drug-likeness (QED) is 0.381. The second-order valence-electron chi connectivity index (χ2n) is 7.30. The van der Waals surface area contributed by atoms with Gasteiger partial charge in [-0.15, -0.1) is 0 Å². The Labute approximate surface area is 191 Å². The van der Waals surface area contributed by atoms with Crippen molar-refractivity contribution in [3.8, 4) is 0 Å². The van der Waals surface area contributed by atoms with Gasteiger partial charge >= 0.3 is 0 Å². The molecule has 3 N–H and O–H groups in total. The molecule has 0 bridgehead atoms. The van der Waals surface area contributed by atoms with Crippen molar-refractivity contribution >= 4 is 46.7 Å². The standard InChI is InChI=1S/C22H18ClFN4O3S/c1-11-2-5-13(23)8-16(11)25-20(30)15-9-17(29)26-19-18(15)21(31)28-22(27-19)32-10-12-3-6-14(24)7-4-12/h2-8,15H,9-10H2,1H3,(H,25,30)(H2,26,27,28,29,31). The summed E-state index contributed by atoms with van der Waals surface area (Å²) in [6, 6.07) is 11.1. The highest BCUT2D eigenvalue weighted by Gasteiger charge is 2.35. The predicted octanol–water partition coefficient (Wildman–Crippen LogP) is 4.23. The summed E-state index contributed by atoms with van der Waals surface area (Å²) in [5.41, 5.74) is 1.75. The molecule has 32 heavy (non-hydrogen) atoms. The number of thioether (sulfide) groups is 1. The third-order valence-electron chi connectivity index (χ3n) is 4.99. The van der Waals surface area contributed by atoms with Crippen molar-refractivity contribution in [3.63, 3.8) is 0 Å². The summed E-state index contributed by atoms with van der Waals surface area (Å²) in [6.07, 6.45) is -0.175. The van der Waals surface area contributed by atoms with Crippen molar-refractivity contribution in [2.24, 2.45) is 0 Å². The number of carbonyl (C=O) groups excluding carboxylic acids is 2. The molecule has 2 aromatic carbocycles. The van der Waals surface area contributed by atoms with Crippen LogP contribution in [0.2, 0.25) is 5.02 Å². The Morgan fingerprint density at radius 2 is 2.00 bits per heavy atom. The molecule has 10 heteroatoms. The highest BCUT2D eigenvalue weighted by molar-refractivity contribution is 7.98. The lowest BCUT2D eigenvalue weighted by atomic mass is 9.92. The number of H-pyrrole nitrogens is 1. The Morgan fingerprint density at radius 1 is 1.25 bits per heavy atom. The Morgan fingerprint density at radius 3 is 2.75 bits per heavy atom. The van der Waals surface area contributed by atoms with Crippen molar-refractivity contribution in [2.75, 3.05) is 10.6 Å². The van der Waals surface area contributed by atoms with E-state index in [2.05, 4.69) is 20.6 Å². The largest absolute Gasteiger partial charge is 0.325 e. The van der Waals surface area contributed by atoms with E-state index < -0.39 is 23.3 Å². The van der Waals surface area contributed by atoms with Crippen LogP contribution >= 0.6 is 23.4 Å². The number of hydrogen-bond donors (Lipinski definition) is 3. The number of aryl methyl sites for hydroxylation is 1. The fourth-order valence-corrected chi connectivity index (χ4v) is 4.31. The number of amides is 2. The fraction of sp³-hybridized carbons (Fsp3) is 0.182. The summed E-state index contributed by atoms with van der Waals surface area (Å²) in [5, 5.41) is 6.07. The van der Waals surface area contributed by atoms with Crippen LogP contribution in [0.3, 0.4) is 0 Å². The van der Waals surface area contributed by atoms with E-state index in [-0.39, 0.29) is 28.8 Å². The molecule has 1 atom stereocenters. The summed E-state index contributed by atoms with van der Waals surface area (Å²) in [4.78, 5) is 45.0. The van der Waals surface area contributed by atoms with Gasteiger partial charge in [0.2, 0.25) is 11.8 Å². The number of nitrogens with zero attached hydrogens (tertiary/aromatic N) is 1. The molecule has 3 aromatic rings. The first-order valence-electron chi connectivity index (χ1n) is 9.68. The number of halogens is 2. The smallest absolute Gasteiger partial charge is 0.257 e. The molecule has 1 aromatic heterocycles. The lowest BCUT2D eigenvalue weighted by molar-refractivity contribution is -0.123. The molecule has 0 saturated carbocycles. The van der Waals surface area contributed by atoms with E-state index in [1.807, 2.05) is 6.92 Å². The number of fused-ring (bicyclic) bond motifs is 1. The molecule has 0 radical (unpaired) electrons. The number of aromatic nitrogens is 2. The number of anilines is 2. The van der Waals surface area contributed by atoms with E-state index >= 15 is 0 Å². The van der Waals surface area contributed by atoms with Gasteiger partial charge in [-0.3, -0.25) is 14.4 Å². The lowest BCUT2D eigenvalue weighted by Crippen LogP contribution is -2.36. The van der Waals surface area contributed by atoms with Gasteiger partial charge < -0.3 is 15.6 Å². The van der Waals surface area contributed by atoms with Crippen LogP contribution in [0, 0.1) is 12.7 Å². The summed E-state index contributed by atoms with van der Waals surface area (Å²) in [5.74, 6) is -1.73. The monoisotopic (exact) mass is 472 g/mol. The Bertz CT molecular complexity index is 1260. The molecule has 0 saturated heterocycles. The van der Waals surface area contributed by atoms with Gasteiger partial charge in [0.25, 0.3) is 5.56 Å². The third-order valence-corrected chi connectivity index (χ3v) is 6.17. The highest BCUT2D eigenvalue weighted by Crippen LogP contribution is 2.31. The van der Waals surface area contributed by atoms with E-state index in [0.717, 1.165) is 11.1 Å². The lowest BCUT2D eigenvalue weighted by Gasteiger charge is -2.24. The molecular formula is C22H18ClFN4O3S. The molecule has 0 fully saturated rings. The average molecular weight is 473 g/mol. The molecule has 2 amide bonds. The molecule has 1 aliphatic rings. The van der Waals surface area contributed by atoms with Crippen LogP contribution in [0.15, 0.2) is 52.4 Å². The van der Waals surface area contributed by atoms with Crippen LogP contribution in [0.5, 0.6) is 0 Å². The van der Waals surface area contributed by atoms with Crippen LogP contribution in [-0.4, -0.2) is 21.8 Å². The van der Waals surface area contributed by atoms with E-state index in [1.165, 1.54) is 23.9 Å². The summed E-state index contributed by atoms with van der Waals surface area (Å²) >= 11 is 7.24. The first kappa shape index (κ1) is 22.0. The van der Waals surface area contributed by atoms with E-state index in [4.69, 9.17) is 11.6 Å². The Hall–Kier alpha value is -3.17. The maximum Gasteiger partial charge on any atom is 0.257 e. The zero-order valence-corrected chi connectivity index (χ0v) is 18.4. The van der Waals surface area contributed by atoms with Crippen LogP contribution < -0.4 is 16.2 Å². The van der Waals surface area contributed by atoms with Gasteiger partial charge in [-0.05, 0) is 42.3 Å².